The lowest BCUT2D eigenvalue weighted by Crippen LogP contribution is -2.50. The number of carbonyl (C=O) groups excluding carboxylic acids is 4. The zero-order valence-corrected chi connectivity index (χ0v) is 33.8. The Kier molecular flexibility index (Phi) is 13.2. The third-order valence-electron chi connectivity index (χ3n) is 9.13. The van der Waals surface area contributed by atoms with Crippen LogP contribution >= 0.6 is 11.6 Å². The van der Waals surface area contributed by atoms with Crippen molar-refractivity contribution in [2.75, 3.05) is 48.2 Å². The molecule has 0 spiro atoms. The third kappa shape index (κ3) is 11.8. The molecule has 1 saturated carbocycles. The third-order valence-corrected chi connectivity index (χ3v) is 9.38. The van der Waals surface area contributed by atoms with Crippen LogP contribution in [0.15, 0.2) is 78.9 Å². The van der Waals surface area contributed by atoms with Crippen LogP contribution in [0.1, 0.15) is 40.2 Å². The average molecular weight is 862 g/mol. The minimum absolute atomic E-state index is 0.0428. The van der Waals surface area contributed by atoms with Crippen molar-refractivity contribution in [3.8, 4) is 6.01 Å². The molecule has 5 aromatic rings. The molecule has 1 fully saturated rings. The van der Waals surface area contributed by atoms with Gasteiger partial charge in [0.15, 0.2) is 6.61 Å². The molecule has 1 aliphatic rings. The number of aryl methyl sites for hydroxylation is 2. The molecule has 0 aliphatic heterocycles. The highest BCUT2D eigenvalue weighted by Gasteiger charge is 2.45. The van der Waals surface area contributed by atoms with E-state index in [1.54, 1.807) is 48.3 Å². The van der Waals surface area contributed by atoms with E-state index in [1.807, 2.05) is 32.0 Å². The second-order valence-corrected chi connectivity index (χ2v) is 14.3. The highest BCUT2D eigenvalue weighted by molar-refractivity contribution is 6.39. The fourth-order valence-corrected chi connectivity index (χ4v) is 6.01. The van der Waals surface area contributed by atoms with Crippen molar-refractivity contribution in [1.29, 1.82) is 0 Å². The first-order valence-corrected chi connectivity index (χ1v) is 18.9. The predicted octanol–water partition coefficient (Wildman–Crippen LogP) is 5.51. The molecule has 0 radical (unpaired) electrons. The van der Waals surface area contributed by atoms with E-state index in [2.05, 4.69) is 51.5 Å². The molecule has 2 aromatic heterocycles. The van der Waals surface area contributed by atoms with E-state index in [9.17, 15) is 32.3 Å². The summed E-state index contributed by atoms with van der Waals surface area (Å²) in [6.07, 6.45) is -3.25. The van der Waals surface area contributed by atoms with Gasteiger partial charge in [0.2, 0.25) is 17.8 Å². The second-order valence-electron chi connectivity index (χ2n) is 13.9. The van der Waals surface area contributed by atoms with Crippen LogP contribution in [0.5, 0.6) is 6.01 Å². The number of hydrogen-bond donors (Lipinski definition) is 5. The van der Waals surface area contributed by atoms with Gasteiger partial charge in [0, 0.05) is 52.6 Å². The van der Waals surface area contributed by atoms with Gasteiger partial charge in [-0.15, -0.1) is 0 Å². The van der Waals surface area contributed by atoms with E-state index in [0.29, 0.717) is 35.2 Å². The number of rotatable bonds is 15. The number of methoxy groups -OCH3 is 1. The molecule has 5 N–H and O–H groups in total. The van der Waals surface area contributed by atoms with Crippen LogP contribution in [0.2, 0.25) is 5.02 Å². The maximum atomic E-state index is 13.2. The molecular formula is C40H39ClF3N11O6. The Morgan fingerprint density at radius 3 is 2.07 bits per heavy atom. The van der Waals surface area contributed by atoms with E-state index in [-0.39, 0.29) is 17.5 Å². The first-order chi connectivity index (χ1) is 29.0. The number of amides is 3. The van der Waals surface area contributed by atoms with Gasteiger partial charge in [0.05, 0.1) is 12.6 Å². The molecule has 318 valence electrons. The van der Waals surface area contributed by atoms with E-state index < -0.39 is 60.6 Å². The summed E-state index contributed by atoms with van der Waals surface area (Å²) in [4.78, 5) is 74.1. The maximum Gasteiger partial charge on any atom is 0.422 e. The summed E-state index contributed by atoms with van der Waals surface area (Å²) in [5.74, 6) is -3.44. The molecule has 17 nitrogen and oxygen atoms in total. The molecular weight excluding hydrogens is 823 g/mol. The fraction of sp³-hybridized carbons (Fsp3) is 0.275. The summed E-state index contributed by atoms with van der Waals surface area (Å²) in [5, 5.41) is 13.9. The number of nitrogens with zero attached hydrogens (tertiary/aromatic N) is 6. The van der Waals surface area contributed by atoms with Crippen LogP contribution in [0.4, 0.5) is 48.1 Å². The van der Waals surface area contributed by atoms with Gasteiger partial charge in [-0.3, -0.25) is 14.4 Å². The lowest BCUT2D eigenvalue weighted by molar-refractivity contribution is -0.154. The van der Waals surface area contributed by atoms with Gasteiger partial charge in [0.1, 0.15) is 6.04 Å². The Morgan fingerprint density at radius 1 is 0.836 bits per heavy atom. The van der Waals surface area contributed by atoms with Crippen LogP contribution in [-0.2, 0) is 24.7 Å². The molecule has 2 heterocycles. The molecule has 6 rings (SSSR count). The zero-order valence-electron chi connectivity index (χ0n) is 33.1. The summed E-state index contributed by atoms with van der Waals surface area (Å²) < 4.78 is 48.6. The minimum Gasteiger partial charge on any atom is -0.467 e. The quantitative estimate of drug-likeness (QED) is 0.0649. The number of carbonyl (C=O) groups is 4. The Bertz CT molecular complexity index is 2380. The first kappa shape index (κ1) is 43.5. The average Bonchev–Trinajstić information content (AvgIpc) is 4.01. The number of esters is 1. The summed E-state index contributed by atoms with van der Waals surface area (Å²) in [7, 11) is 2.88. The van der Waals surface area contributed by atoms with E-state index in [0.717, 1.165) is 29.7 Å². The van der Waals surface area contributed by atoms with E-state index in [4.69, 9.17) is 21.1 Å². The van der Waals surface area contributed by atoms with Gasteiger partial charge in [-0.2, -0.15) is 28.1 Å². The molecule has 0 bridgehead atoms. The normalized spacial score (nSPS) is 13.2. The number of alkyl halides is 3. The highest BCUT2D eigenvalue weighted by Crippen LogP contribution is 2.48. The van der Waals surface area contributed by atoms with Crippen LogP contribution in [0, 0.1) is 13.8 Å². The molecule has 61 heavy (non-hydrogen) atoms. The van der Waals surface area contributed by atoms with E-state index in [1.165, 1.54) is 24.3 Å². The number of benzene rings is 3. The van der Waals surface area contributed by atoms with Crippen molar-refractivity contribution in [2.24, 2.45) is 0 Å². The Hall–Kier alpha value is -7.09. The van der Waals surface area contributed by atoms with Gasteiger partial charge in [-0.1, -0.05) is 23.7 Å². The van der Waals surface area contributed by atoms with Crippen LogP contribution in [-0.4, -0.2) is 88.1 Å². The van der Waals surface area contributed by atoms with Crippen molar-refractivity contribution in [2.45, 2.75) is 44.4 Å². The molecule has 3 aromatic carbocycles. The monoisotopic (exact) mass is 861 g/mol. The Balaban J connectivity index is 1.05. The predicted molar refractivity (Wildman–Crippen MR) is 218 cm³/mol. The van der Waals surface area contributed by atoms with Crippen LogP contribution < -0.4 is 36.2 Å². The zero-order chi connectivity index (χ0) is 43.9. The van der Waals surface area contributed by atoms with Crippen molar-refractivity contribution in [3.05, 3.63) is 106 Å². The molecule has 0 unspecified atom stereocenters. The lowest BCUT2D eigenvalue weighted by atomic mass is 10.1. The molecule has 1 atom stereocenters. The summed E-state index contributed by atoms with van der Waals surface area (Å²) >= 11 is 6.04. The number of anilines is 6. The minimum atomic E-state index is -4.65. The number of ether oxygens (including phenoxy) is 2. The van der Waals surface area contributed by atoms with E-state index >= 15 is 0 Å². The molecule has 3 amide bonds. The van der Waals surface area contributed by atoms with Crippen molar-refractivity contribution in [1.82, 2.24) is 35.6 Å². The van der Waals surface area contributed by atoms with Gasteiger partial charge < -0.3 is 41.0 Å². The summed E-state index contributed by atoms with van der Waals surface area (Å²) in [5.41, 5.74) is 3.37. The number of halogens is 4. The number of aromatic nitrogens is 5. The molecule has 1 aliphatic carbocycles. The highest BCUT2D eigenvalue weighted by atomic mass is 35.5. The standard InChI is InChI=1S/C40H39ClF3N11O6/c1-22-19-23(2)47-37(46-22)55(3)29-15-13-27(14-16-29)48-33(58)32(57)45-20-30(34(59)60-4)50-31(56)24-5-11-28(12-6-24)49-35-51-36(53-38(52-35)61-21-40(42,43)44)54-39(17-18-39)25-7-9-26(41)10-8-25/h5-16,19,30H,17-18,20-21H2,1-4H3,(H,45,57)(H,48,58)(H,50,56)(H2,49,51,52,53,54)/t30-/m0/s1. The van der Waals surface area contributed by atoms with Gasteiger partial charge in [-0.25, -0.2) is 14.8 Å². The molecule has 0 saturated heterocycles. The smallest absolute Gasteiger partial charge is 0.422 e. The largest absolute Gasteiger partial charge is 0.467 e. The van der Waals surface area contributed by atoms with Gasteiger partial charge in [-0.05, 0) is 99.0 Å². The molecule has 21 heteroatoms. The first-order valence-electron chi connectivity index (χ1n) is 18.5. The number of nitrogens with one attached hydrogen (secondary N) is 5. The van der Waals surface area contributed by atoms with Crippen LogP contribution in [0.25, 0.3) is 0 Å². The van der Waals surface area contributed by atoms with Crippen molar-refractivity contribution >= 4 is 70.2 Å². The Morgan fingerprint density at radius 2 is 1.46 bits per heavy atom. The van der Waals surface area contributed by atoms with Gasteiger partial charge >= 0.3 is 30.0 Å². The summed E-state index contributed by atoms with van der Waals surface area (Å²) in [6, 6.07) is 19.3. The maximum absolute atomic E-state index is 13.2. The summed E-state index contributed by atoms with van der Waals surface area (Å²) in [6.45, 7) is 1.60. The van der Waals surface area contributed by atoms with Crippen LogP contribution in [0.3, 0.4) is 0 Å². The number of hydrogen-bond acceptors (Lipinski definition) is 14. The topological polar surface area (TPSA) is 215 Å². The SMILES string of the molecule is COC(=O)[C@H](CNC(=O)C(=O)Nc1ccc(N(C)c2nc(C)cc(C)n2)cc1)NC(=O)c1ccc(Nc2nc(NC3(c4ccc(Cl)cc4)CC3)nc(OCC(F)(F)F)n2)cc1. The van der Waals surface area contributed by atoms with Crippen molar-refractivity contribution < 1.29 is 41.8 Å². The lowest BCUT2D eigenvalue weighted by Gasteiger charge is -2.19. The second kappa shape index (κ2) is 18.4. The fourth-order valence-electron chi connectivity index (χ4n) is 5.89. The Labute approximate surface area is 351 Å². The van der Waals surface area contributed by atoms with Crippen molar-refractivity contribution in [3.63, 3.8) is 0 Å². The van der Waals surface area contributed by atoms with Gasteiger partial charge in [0.25, 0.3) is 5.91 Å².